The van der Waals surface area contributed by atoms with E-state index >= 15 is 0 Å². The number of ether oxygens (including phenoxy) is 2. The molecule has 0 unspecified atom stereocenters. The topological polar surface area (TPSA) is 72.8 Å². The van der Waals surface area contributed by atoms with Crippen molar-refractivity contribution in [1.82, 2.24) is 0 Å². The summed E-state index contributed by atoms with van der Waals surface area (Å²) in [7, 11) is 0. The van der Waals surface area contributed by atoms with Gasteiger partial charge in [-0.2, -0.15) is 0 Å². The number of aliphatic hydroxyl groups is 1. The highest BCUT2D eigenvalue weighted by Crippen LogP contribution is 2.72. The second-order valence-electron chi connectivity index (χ2n) is 12.5. The van der Waals surface area contributed by atoms with Crippen LogP contribution in [0.5, 0.6) is 0 Å². The van der Waals surface area contributed by atoms with Crippen molar-refractivity contribution in [2.75, 3.05) is 6.61 Å². The van der Waals surface area contributed by atoms with Crippen molar-refractivity contribution in [3.05, 3.63) is 23.8 Å². The van der Waals surface area contributed by atoms with E-state index < -0.39 is 11.0 Å². The summed E-state index contributed by atoms with van der Waals surface area (Å²) in [5, 5.41) is 12.9. The summed E-state index contributed by atoms with van der Waals surface area (Å²) in [6, 6.07) is 0. The highest BCUT2D eigenvalue weighted by Gasteiger charge is 2.72. The molecule has 0 radical (unpaired) electrons. The van der Waals surface area contributed by atoms with E-state index in [0.29, 0.717) is 31.8 Å². The van der Waals surface area contributed by atoms with Crippen LogP contribution in [-0.2, 0) is 19.1 Å². The van der Waals surface area contributed by atoms with Crippen LogP contribution in [0, 0.1) is 28.1 Å². The molecule has 1 aliphatic heterocycles. The summed E-state index contributed by atoms with van der Waals surface area (Å²) < 4.78 is 11.3. The molecule has 34 heavy (non-hydrogen) atoms. The summed E-state index contributed by atoms with van der Waals surface area (Å²) >= 11 is 0. The van der Waals surface area contributed by atoms with Gasteiger partial charge in [-0.1, -0.05) is 51.7 Å². The summed E-state index contributed by atoms with van der Waals surface area (Å²) in [6.07, 6.45) is 18.3. The molecule has 2 bridgehead atoms. The summed E-state index contributed by atoms with van der Waals surface area (Å²) in [5.74, 6) is 0.272. The molecule has 0 aromatic heterocycles. The van der Waals surface area contributed by atoms with Crippen LogP contribution < -0.4 is 0 Å². The molecule has 0 aromatic rings. The second kappa shape index (κ2) is 8.50. The number of hydrogen-bond acceptors (Lipinski definition) is 5. The van der Waals surface area contributed by atoms with Crippen LogP contribution in [0.3, 0.4) is 0 Å². The molecule has 1 spiro atoms. The van der Waals surface area contributed by atoms with Gasteiger partial charge in [-0.25, -0.2) is 4.79 Å². The van der Waals surface area contributed by atoms with E-state index in [0.717, 1.165) is 31.3 Å². The zero-order chi connectivity index (χ0) is 24.2. The highest BCUT2D eigenvalue weighted by molar-refractivity contribution is 5.85. The third-order valence-corrected chi connectivity index (χ3v) is 10.8. The number of allylic oxidation sites excluding steroid dienone is 1. The van der Waals surface area contributed by atoms with Gasteiger partial charge in [0.15, 0.2) is 0 Å². The maximum Gasteiger partial charge on any atom is 0.331 e. The Morgan fingerprint density at radius 2 is 1.94 bits per heavy atom. The average molecular weight is 471 g/mol. The van der Waals surface area contributed by atoms with Gasteiger partial charge in [0, 0.05) is 29.7 Å². The Morgan fingerprint density at radius 3 is 2.62 bits per heavy atom. The first kappa shape index (κ1) is 24.1. The molecule has 1 heterocycles. The van der Waals surface area contributed by atoms with E-state index in [-0.39, 0.29) is 34.8 Å². The van der Waals surface area contributed by atoms with Crippen LogP contribution in [0.2, 0.25) is 0 Å². The average Bonchev–Trinajstić information content (AvgIpc) is 3.20. The molecule has 0 saturated heterocycles. The first-order valence-corrected chi connectivity index (χ1v) is 13.6. The fourth-order valence-corrected chi connectivity index (χ4v) is 9.36. The SMILES string of the molecule is CC(=O)O[C@@H]1C[C@]2(C)C=CC[C@@]3(CCC[C@@](C)(C4CCCCC4)[C@H]13)[C@@]2(O)CCC1=CC(=O)OC1. The number of carbonyl (C=O) groups excluding carboxylic acids is 2. The standard InChI is InChI=1S/C29H42O5/c1-20(30)34-23-18-26(2)12-7-14-28(29(26,32)16-11-21-17-24(31)33-19-21)15-8-13-27(3,25(23)28)22-9-5-4-6-10-22/h7,12,17,22-23,25,32H,4-6,8-11,13-16,18-19H2,1-3H3/t23-,25+,26+,27+,28+,29-/m1/s1. The van der Waals surface area contributed by atoms with Crippen molar-refractivity contribution < 1.29 is 24.2 Å². The van der Waals surface area contributed by atoms with Gasteiger partial charge < -0.3 is 14.6 Å². The van der Waals surface area contributed by atoms with Crippen molar-refractivity contribution in [2.45, 2.75) is 110 Å². The maximum atomic E-state index is 12.9. The molecule has 6 atom stereocenters. The van der Waals surface area contributed by atoms with Crippen LogP contribution >= 0.6 is 0 Å². The number of fused-ring (bicyclic) bond motifs is 1. The summed E-state index contributed by atoms with van der Waals surface area (Å²) in [5.41, 5.74) is -0.700. The number of rotatable bonds is 5. The number of esters is 2. The predicted octanol–water partition coefficient (Wildman–Crippen LogP) is 5.66. The van der Waals surface area contributed by atoms with E-state index in [1.165, 1.54) is 39.0 Å². The fraction of sp³-hybridized carbons (Fsp3) is 0.793. The van der Waals surface area contributed by atoms with Crippen molar-refractivity contribution in [3.8, 4) is 0 Å². The molecule has 1 N–H and O–H groups in total. The predicted molar refractivity (Wildman–Crippen MR) is 130 cm³/mol. The van der Waals surface area contributed by atoms with Crippen LogP contribution in [0.4, 0.5) is 0 Å². The van der Waals surface area contributed by atoms with Crippen LogP contribution in [0.25, 0.3) is 0 Å². The van der Waals surface area contributed by atoms with E-state index in [2.05, 4.69) is 26.0 Å². The van der Waals surface area contributed by atoms with E-state index in [4.69, 9.17) is 9.47 Å². The molecule has 5 rings (SSSR count). The highest BCUT2D eigenvalue weighted by atomic mass is 16.5. The molecule has 188 valence electrons. The van der Waals surface area contributed by atoms with Crippen molar-refractivity contribution in [1.29, 1.82) is 0 Å². The Bertz CT molecular complexity index is 900. The van der Waals surface area contributed by atoms with Crippen LogP contribution in [0.15, 0.2) is 23.8 Å². The first-order valence-electron chi connectivity index (χ1n) is 13.6. The Hall–Kier alpha value is -1.62. The minimum Gasteiger partial charge on any atom is -0.462 e. The van der Waals surface area contributed by atoms with Gasteiger partial charge in [0.2, 0.25) is 0 Å². The smallest absolute Gasteiger partial charge is 0.331 e. The Kier molecular flexibility index (Phi) is 6.02. The fourth-order valence-electron chi connectivity index (χ4n) is 9.36. The summed E-state index contributed by atoms with van der Waals surface area (Å²) in [6.45, 7) is 6.49. The quantitative estimate of drug-likeness (QED) is 0.415. The minimum absolute atomic E-state index is 0.0466. The largest absolute Gasteiger partial charge is 0.462 e. The van der Waals surface area contributed by atoms with Gasteiger partial charge in [-0.15, -0.1) is 0 Å². The molecule has 4 aliphatic carbocycles. The second-order valence-corrected chi connectivity index (χ2v) is 12.5. The lowest BCUT2D eigenvalue weighted by Gasteiger charge is -2.71. The molecule has 5 heteroatoms. The molecule has 0 amide bonds. The Labute approximate surface area is 204 Å². The lowest BCUT2D eigenvalue weighted by atomic mass is 9.35. The summed E-state index contributed by atoms with van der Waals surface area (Å²) in [4.78, 5) is 24.0. The van der Waals surface area contributed by atoms with Gasteiger partial charge in [-0.3, -0.25) is 4.79 Å². The van der Waals surface area contributed by atoms with E-state index in [1.54, 1.807) is 6.08 Å². The van der Waals surface area contributed by atoms with Crippen LogP contribution in [-0.4, -0.2) is 35.4 Å². The van der Waals surface area contributed by atoms with Gasteiger partial charge in [0.05, 0.1) is 5.60 Å². The van der Waals surface area contributed by atoms with Crippen molar-refractivity contribution >= 4 is 11.9 Å². The molecule has 0 aromatic carbocycles. The van der Waals surface area contributed by atoms with Crippen molar-refractivity contribution in [3.63, 3.8) is 0 Å². The molecule has 5 nitrogen and oxygen atoms in total. The Morgan fingerprint density at radius 1 is 1.18 bits per heavy atom. The van der Waals surface area contributed by atoms with E-state index in [1.807, 2.05) is 0 Å². The zero-order valence-corrected chi connectivity index (χ0v) is 21.2. The molecule has 5 aliphatic rings. The van der Waals surface area contributed by atoms with Crippen molar-refractivity contribution in [2.24, 2.45) is 28.1 Å². The number of hydrogen-bond donors (Lipinski definition) is 1. The normalized spacial score (nSPS) is 44.2. The van der Waals surface area contributed by atoms with Crippen LogP contribution in [0.1, 0.15) is 97.8 Å². The monoisotopic (exact) mass is 470 g/mol. The van der Waals surface area contributed by atoms with E-state index in [9.17, 15) is 14.7 Å². The molecular weight excluding hydrogens is 428 g/mol. The molecule has 3 saturated carbocycles. The number of cyclic esters (lactones) is 1. The van der Waals surface area contributed by atoms with Gasteiger partial charge in [-0.05, 0) is 68.3 Å². The number of carbonyl (C=O) groups is 2. The third kappa shape index (κ3) is 3.51. The zero-order valence-electron chi connectivity index (χ0n) is 21.2. The minimum atomic E-state index is -0.918. The lowest BCUT2D eigenvalue weighted by Crippen LogP contribution is -2.73. The molecular formula is C29H42O5. The van der Waals surface area contributed by atoms with Gasteiger partial charge in [0.25, 0.3) is 0 Å². The Balaban J connectivity index is 1.59. The van der Waals surface area contributed by atoms with Gasteiger partial charge >= 0.3 is 11.9 Å². The lowest BCUT2D eigenvalue weighted by molar-refractivity contribution is -0.288. The molecule has 3 fully saturated rings. The third-order valence-electron chi connectivity index (χ3n) is 10.8. The maximum absolute atomic E-state index is 12.9. The first-order chi connectivity index (χ1) is 16.1. The van der Waals surface area contributed by atoms with Gasteiger partial charge in [0.1, 0.15) is 12.7 Å².